The van der Waals surface area contributed by atoms with Crippen molar-refractivity contribution in [2.75, 3.05) is 17.2 Å². The zero-order chi connectivity index (χ0) is 23.8. The number of aryl methyl sites for hydroxylation is 2. The Morgan fingerprint density at radius 2 is 1.67 bits per heavy atom. The molecule has 3 rings (SSSR count). The fourth-order valence-electron chi connectivity index (χ4n) is 3.61. The lowest BCUT2D eigenvalue weighted by Crippen LogP contribution is -2.20. The second kappa shape index (κ2) is 11.2. The van der Waals surface area contributed by atoms with Gasteiger partial charge in [0.2, 0.25) is 0 Å². The number of aromatic carboxylic acids is 1. The minimum Gasteiger partial charge on any atom is -0.491 e. The van der Waals surface area contributed by atoms with Gasteiger partial charge in [-0.3, -0.25) is 0 Å². The molecule has 2 amide bonds. The van der Waals surface area contributed by atoms with Crippen LogP contribution >= 0.6 is 0 Å². The van der Waals surface area contributed by atoms with Gasteiger partial charge in [-0.15, -0.1) is 0 Å². The van der Waals surface area contributed by atoms with Crippen molar-refractivity contribution in [1.82, 2.24) is 0 Å². The Hall–Kier alpha value is -3.80. The summed E-state index contributed by atoms with van der Waals surface area (Å²) in [7, 11) is 0. The van der Waals surface area contributed by atoms with E-state index >= 15 is 0 Å². The molecular formula is C27H30N2O4. The molecule has 3 aromatic rings. The summed E-state index contributed by atoms with van der Waals surface area (Å²) in [5, 5.41) is 15.4. The Labute approximate surface area is 194 Å². The number of carboxylic acids is 1. The molecule has 0 aliphatic carbocycles. The van der Waals surface area contributed by atoms with Crippen LogP contribution < -0.4 is 15.4 Å². The Morgan fingerprint density at radius 3 is 2.33 bits per heavy atom. The molecule has 0 radical (unpaired) electrons. The van der Waals surface area contributed by atoms with Crippen molar-refractivity contribution in [3.8, 4) is 16.9 Å². The van der Waals surface area contributed by atoms with Gasteiger partial charge in [-0.2, -0.15) is 0 Å². The van der Waals surface area contributed by atoms with Crippen LogP contribution in [0, 0.1) is 6.92 Å². The first-order valence-electron chi connectivity index (χ1n) is 11.2. The summed E-state index contributed by atoms with van der Waals surface area (Å²) in [5.74, 6) is -0.380. The van der Waals surface area contributed by atoms with Gasteiger partial charge in [0.15, 0.2) is 0 Å². The van der Waals surface area contributed by atoms with Crippen LogP contribution in [0.3, 0.4) is 0 Å². The quantitative estimate of drug-likeness (QED) is 0.339. The molecule has 0 aliphatic rings. The molecule has 3 aromatic carbocycles. The second-order valence-corrected chi connectivity index (χ2v) is 7.91. The van der Waals surface area contributed by atoms with E-state index in [2.05, 4.69) is 17.6 Å². The standard InChI is InChI=1S/C27H30N2O4/c1-4-8-19-16-20(22-9-6-7-10-23(22)26(30)31)17-24(25(19)33-15-5-2)29-27(32)28-21-13-11-18(3)12-14-21/h6-7,9-14,16-17H,4-5,8,15H2,1-3H3,(H,30,31)(H2,28,29,32). The van der Waals surface area contributed by atoms with Crippen LogP contribution in [-0.4, -0.2) is 23.7 Å². The van der Waals surface area contributed by atoms with E-state index in [0.29, 0.717) is 34.9 Å². The van der Waals surface area contributed by atoms with Crippen molar-refractivity contribution >= 4 is 23.4 Å². The first-order valence-corrected chi connectivity index (χ1v) is 11.2. The molecule has 0 atom stereocenters. The number of urea groups is 1. The fourth-order valence-corrected chi connectivity index (χ4v) is 3.61. The zero-order valence-corrected chi connectivity index (χ0v) is 19.3. The topological polar surface area (TPSA) is 87.7 Å². The van der Waals surface area contributed by atoms with Gasteiger partial charge in [-0.1, -0.05) is 56.2 Å². The molecule has 3 N–H and O–H groups in total. The predicted molar refractivity (Wildman–Crippen MR) is 132 cm³/mol. The summed E-state index contributed by atoms with van der Waals surface area (Å²) in [6.07, 6.45) is 2.43. The molecule has 0 heterocycles. The van der Waals surface area contributed by atoms with E-state index in [9.17, 15) is 14.7 Å². The third-order valence-corrected chi connectivity index (χ3v) is 5.16. The molecule has 0 saturated carbocycles. The van der Waals surface area contributed by atoms with Gasteiger partial charge in [0.25, 0.3) is 0 Å². The Morgan fingerprint density at radius 1 is 0.939 bits per heavy atom. The Bertz CT molecular complexity index is 1120. The van der Waals surface area contributed by atoms with E-state index in [1.807, 2.05) is 44.2 Å². The fraction of sp³-hybridized carbons (Fsp3) is 0.259. The molecule has 0 fully saturated rings. The lowest BCUT2D eigenvalue weighted by atomic mass is 9.95. The molecule has 0 aliphatic heterocycles. The highest BCUT2D eigenvalue weighted by atomic mass is 16.5. The molecule has 0 bridgehead atoms. The highest BCUT2D eigenvalue weighted by Gasteiger charge is 2.18. The number of rotatable bonds is 9. The molecule has 0 saturated heterocycles. The number of ether oxygens (including phenoxy) is 1. The Balaban J connectivity index is 2.04. The molecule has 6 heteroatoms. The minimum atomic E-state index is -0.999. The average Bonchev–Trinajstić information content (AvgIpc) is 2.80. The molecule has 33 heavy (non-hydrogen) atoms. The van der Waals surface area contributed by atoms with Gasteiger partial charge in [0, 0.05) is 5.69 Å². The van der Waals surface area contributed by atoms with Crippen molar-refractivity contribution in [3.05, 3.63) is 77.4 Å². The summed E-state index contributed by atoms with van der Waals surface area (Å²) in [5.41, 5.74) is 4.72. The van der Waals surface area contributed by atoms with Crippen molar-refractivity contribution in [2.24, 2.45) is 0 Å². The van der Waals surface area contributed by atoms with Crippen molar-refractivity contribution in [2.45, 2.75) is 40.0 Å². The number of amides is 2. The zero-order valence-electron chi connectivity index (χ0n) is 19.3. The third-order valence-electron chi connectivity index (χ3n) is 5.16. The summed E-state index contributed by atoms with van der Waals surface area (Å²) in [4.78, 5) is 24.6. The lowest BCUT2D eigenvalue weighted by Gasteiger charge is -2.19. The molecular weight excluding hydrogens is 416 g/mol. The maximum absolute atomic E-state index is 12.8. The number of hydrogen-bond donors (Lipinski definition) is 3. The van der Waals surface area contributed by atoms with Gasteiger partial charge >= 0.3 is 12.0 Å². The number of carboxylic acid groups (broad SMARTS) is 1. The van der Waals surface area contributed by atoms with Crippen LogP contribution in [0.15, 0.2) is 60.7 Å². The first kappa shape index (κ1) is 23.9. The first-order chi connectivity index (χ1) is 15.9. The second-order valence-electron chi connectivity index (χ2n) is 7.91. The minimum absolute atomic E-state index is 0.206. The number of benzene rings is 3. The van der Waals surface area contributed by atoms with Crippen LogP contribution in [0.25, 0.3) is 11.1 Å². The van der Waals surface area contributed by atoms with Crippen LogP contribution in [0.4, 0.5) is 16.2 Å². The molecule has 6 nitrogen and oxygen atoms in total. The van der Waals surface area contributed by atoms with Crippen LogP contribution in [-0.2, 0) is 6.42 Å². The number of carbonyl (C=O) groups excluding carboxylic acids is 1. The number of hydrogen-bond acceptors (Lipinski definition) is 3. The highest BCUT2D eigenvalue weighted by Crippen LogP contribution is 2.37. The summed E-state index contributed by atoms with van der Waals surface area (Å²) in [6, 6.07) is 17.7. The van der Waals surface area contributed by atoms with Crippen molar-refractivity contribution in [3.63, 3.8) is 0 Å². The summed E-state index contributed by atoms with van der Waals surface area (Å²) < 4.78 is 6.05. The van der Waals surface area contributed by atoms with Gasteiger partial charge in [-0.25, -0.2) is 9.59 Å². The van der Waals surface area contributed by atoms with Crippen molar-refractivity contribution in [1.29, 1.82) is 0 Å². The maximum Gasteiger partial charge on any atom is 0.336 e. The van der Waals surface area contributed by atoms with E-state index in [0.717, 1.165) is 30.4 Å². The number of nitrogens with one attached hydrogen (secondary N) is 2. The van der Waals surface area contributed by atoms with E-state index in [-0.39, 0.29) is 5.56 Å². The van der Waals surface area contributed by atoms with Crippen molar-refractivity contribution < 1.29 is 19.4 Å². The van der Waals surface area contributed by atoms with Gasteiger partial charge in [0.05, 0.1) is 17.9 Å². The van der Waals surface area contributed by atoms with Gasteiger partial charge in [-0.05, 0) is 66.8 Å². The van der Waals surface area contributed by atoms with Crippen LogP contribution in [0.2, 0.25) is 0 Å². The normalized spacial score (nSPS) is 10.5. The number of anilines is 2. The largest absolute Gasteiger partial charge is 0.491 e. The summed E-state index contributed by atoms with van der Waals surface area (Å²) in [6.45, 7) is 6.58. The summed E-state index contributed by atoms with van der Waals surface area (Å²) >= 11 is 0. The van der Waals surface area contributed by atoms with Gasteiger partial charge < -0.3 is 20.5 Å². The average molecular weight is 447 g/mol. The monoisotopic (exact) mass is 446 g/mol. The maximum atomic E-state index is 12.8. The highest BCUT2D eigenvalue weighted by molar-refractivity contribution is 6.02. The van der Waals surface area contributed by atoms with E-state index in [4.69, 9.17) is 4.74 Å². The predicted octanol–water partition coefficient (Wildman–Crippen LogP) is 6.75. The van der Waals surface area contributed by atoms with E-state index in [1.54, 1.807) is 30.3 Å². The molecule has 0 spiro atoms. The third kappa shape index (κ3) is 6.13. The van der Waals surface area contributed by atoms with Crippen LogP contribution in [0.5, 0.6) is 5.75 Å². The molecule has 0 aromatic heterocycles. The Kier molecular flexibility index (Phi) is 8.08. The lowest BCUT2D eigenvalue weighted by molar-refractivity contribution is 0.0697. The number of carbonyl (C=O) groups is 2. The SMILES string of the molecule is CCCOc1c(CCC)cc(-c2ccccc2C(=O)O)cc1NC(=O)Nc1ccc(C)cc1. The van der Waals surface area contributed by atoms with Crippen LogP contribution in [0.1, 0.15) is 48.2 Å². The van der Waals surface area contributed by atoms with Gasteiger partial charge in [0.1, 0.15) is 5.75 Å². The molecule has 172 valence electrons. The molecule has 0 unspecified atom stereocenters. The van der Waals surface area contributed by atoms with E-state index < -0.39 is 12.0 Å². The smallest absolute Gasteiger partial charge is 0.336 e. The van der Waals surface area contributed by atoms with E-state index in [1.165, 1.54) is 0 Å².